The van der Waals surface area contributed by atoms with E-state index in [4.69, 9.17) is 0 Å². The summed E-state index contributed by atoms with van der Waals surface area (Å²) in [5.74, 6) is 0.200. The van der Waals surface area contributed by atoms with E-state index < -0.39 is 0 Å². The fourth-order valence-electron chi connectivity index (χ4n) is 2.68. The van der Waals surface area contributed by atoms with Crippen LogP contribution in [-0.4, -0.2) is 21.1 Å². The lowest BCUT2D eigenvalue weighted by Gasteiger charge is -2.05. The molecule has 2 N–H and O–H groups in total. The highest BCUT2D eigenvalue weighted by molar-refractivity contribution is 5.83. The van der Waals surface area contributed by atoms with Gasteiger partial charge in [-0.25, -0.2) is 4.68 Å². The summed E-state index contributed by atoms with van der Waals surface area (Å²) in [6.45, 7) is 7.78. The molecule has 0 atom stereocenters. The van der Waals surface area contributed by atoms with E-state index in [1.54, 1.807) is 24.4 Å². The van der Waals surface area contributed by atoms with E-state index in [1.165, 1.54) is 10.2 Å². The summed E-state index contributed by atoms with van der Waals surface area (Å²) in [4.78, 5) is 17.2. The quantitative estimate of drug-likeness (QED) is 0.714. The Bertz CT molecular complexity index is 1030. The summed E-state index contributed by atoms with van der Waals surface area (Å²) in [5, 5.41) is 12.6. The molecule has 128 valence electrons. The highest BCUT2D eigenvalue weighted by Gasteiger charge is 2.11. The van der Waals surface area contributed by atoms with Crippen molar-refractivity contribution in [1.82, 2.24) is 9.78 Å². The van der Waals surface area contributed by atoms with Crippen LogP contribution in [0.5, 0.6) is 5.75 Å². The van der Waals surface area contributed by atoms with Crippen LogP contribution in [0.15, 0.2) is 46.2 Å². The highest BCUT2D eigenvalue weighted by atomic mass is 16.3. The van der Waals surface area contributed by atoms with Gasteiger partial charge in [-0.2, -0.15) is 0 Å². The molecule has 0 saturated carbocycles. The molecule has 2 aromatic carbocycles. The molecule has 5 heteroatoms. The average Bonchev–Trinajstić information content (AvgIpc) is 2.84. The van der Waals surface area contributed by atoms with Gasteiger partial charge in [0.25, 0.3) is 5.56 Å². The van der Waals surface area contributed by atoms with Gasteiger partial charge in [-0.15, -0.1) is 0 Å². The van der Waals surface area contributed by atoms with E-state index in [9.17, 15) is 9.90 Å². The van der Waals surface area contributed by atoms with E-state index >= 15 is 0 Å². The fraction of sp³-hybridized carbons (Fsp3) is 0.200. The number of aromatic hydroxyl groups is 1. The number of aromatic nitrogens is 2. The van der Waals surface area contributed by atoms with E-state index in [0.29, 0.717) is 5.56 Å². The van der Waals surface area contributed by atoms with E-state index in [2.05, 4.69) is 10.1 Å². The van der Waals surface area contributed by atoms with Crippen molar-refractivity contribution < 1.29 is 5.11 Å². The minimum atomic E-state index is -0.138. The van der Waals surface area contributed by atoms with Crippen LogP contribution in [0.3, 0.4) is 0 Å². The number of hydrogen-bond donors (Lipinski definition) is 2. The Labute approximate surface area is 146 Å². The third-order valence-electron chi connectivity index (χ3n) is 4.38. The molecule has 25 heavy (non-hydrogen) atoms. The third-order valence-corrected chi connectivity index (χ3v) is 4.38. The van der Waals surface area contributed by atoms with Crippen LogP contribution < -0.4 is 5.56 Å². The lowest BCUT2D eigenvalue weighted by atomic mass is 10.1. The lowest BCUT2D eigenvalue weighted by molar-refractivity contribution is 0.475. The number of phenols is 1. The first-order valence-corrected chi connectivity index (χ1v) is 8.10. The van der Waals surface area contributed by atoms with Crippen molar-refractivity contribution in [1.29, 1.82) is 0 Å². The summed E-state index contributed by atoms with van der Waals surface area (Å²) in [6, 6.07) is 10.9. The topological polar surface area (TPSA) is 70.4 Å². The maximum Gasteiger partial charge on any atom is 0.280 e. The van der Waals surface area contributed by atoms with Crippen LogP contribution in [0, 0.1) is 27.7 Å². The Hall–Kier alpha value is -3.08. The molecule has 3 aromatic rings. The molecule has 3 rings (SSSR count). The molecule has 0 spiro atoms. The Morgan fingerprint density at radius 3 is 2.44 bits per heavy atom. The third kappa shape index (κ3) is 3.26. The van der Waals surface area contributed by atoms with Gasteiger partial charge in [-0.3, -0.25) is 14.9 Å². The fourth-order valence-corrected chi connectivity index (χ4v) is 2.68. The molecule has 5 nitrogen and oxygen atoms in total. The van der Waals surface area contributed by atoms with Crippen molar-refractivity contribution in [3.05, 3.63) is 74.7 Å². The van der Waals surface area contributed by atoms with Gasteiger partial charge in [-0.1, -0.05) is 6.07 Å². The van der Waals surface area contributed by atoms with Gasteiger partial charge < -0.3 is 5.11 Å². The molecular formula is C20H21N3O2. The molecular weight excluding hydrogens is 314 g/mol. The van der Waals surface area contributed by atoms with Crippen LogP contribution in [-0.2, 0) is 0 Å². The van der Waals surface area contributed by atoms with Crippen LogP contribution >= 0.6 is 0 Å². The van der Waals surface area contributed by atoms with Crippen molar-refractivity contribution in [2.45, 2.75) is 27.7 Å². The summed E-state index contributed by atoms with van der Waals surface area (Å²) in [7, 11) is 0. The van der Waals surface area contributed by atoms with Gasteiger partial charge in [0, 0.05) is 11.9 Å². The van der Waals surface area contributed by atoms with E-state index in [-0.39, 0.29) is 11.3 Å². The number of nitrogens with zero attached hydrogens (tertiary/aromatic N) is 2. The van der Waals surface area contributed by atoms with Crippen molar-refractivity contribution in [2.24, 2.45) is 4.99 Å². The minimum absolute atomic E-state index is 0.138. The van der Waals surface area contributed by atoms with Crippen molar-refractivity contribution in [3.63, 3.8) is 0 Å². The van der Waals surface area contributed by atoms with E-state index in [0.717, 1.165) is 28.2 Å². The molecule has 0 bridgehead atoms. The number of phenolic OH excluding ortho intramolecular Hbond substituents is 1. The maximum absolute atomic E-state index is 12.7. The second kappa shape index (κ2) is 6.43. The predicted octanol–water partition coefficient (Wildman–Crippen LogP) is 3.86. The first-order chi connectivity index (χ1) is 11.9. The molecule has 0 aliphatic carbocycles. The maximum atomic E-state index is 12.7. The van der Waals surface area contributed by atoms with Gasteiger partial charge >= 0.3 is 0 Å². The Balaban J connectivity index is 2.01. The molecule has 0 amide bonds. The number of nitrogens with one attached hydrogen (secondary N) is 1. The molecule has 1 heterocycles. The number of rotatable bonds is 3. The molecule has 0 aliphatic heterocycles. The zero-order valence-corrected chi connectivity index (χ0v) is 14.8. The Kier molecular flexibility index (Phi) is 4.31. The molecule has 0 saturated heterocycles. The first kappa shape index (κ1) is 16.8. The van der Waals surface area contributed by atoms with Crippen molar-refractivity contribution >= 4 is 11.9 Å². The molecule has 0 unspecified atom stereocenters. The van der Waals surface area contributed by atoms with Crippen LogP contribution in [0.1, 0.15) is 27.9 Å². The van der Waals surface area contributed by atoms with Gasteiger partial charge in [-0.05, 0) is 74.7 Å². The van der Waals surface area contributed by atoms with Crippen molar-refractivity contribution in [3.8, 4) is 11.4 Å². The molecule has 1 aromatic heterocycles. The van der Waals surface area contributed by atoms with Crippen LogP contribution in [0.2, 0.25) is 0 Å². The lowest BCUT2D eigenvalue weighted by Crippen LogP contribution is -2.17. The largest absolute Gasteiger partial charge is 0.508 e. The Morgan fingerprint density at radius 1 is 1.00 bits per heavy atom. The summed E-state index contributed by atoms with van der Waals surface area (Å²) >= 11 is 0. The summed E-state index contributed by atoms with van der Waals surface area (Å²) in [6.07, 6.45) is 1.57. The number of hydrogen-bond acceptors (Lipinski definition) is 3. The highest BCUT2D eigenvalue weighted by Crippen LogP contribution is 2.22. The smallest absolute Gasteiger partial charge is 0.280 e. The average molecular weight is 335 g/mol. The predicted molar refractivity (Wildman–Crippen MR) is 101 cm³/mol. The van der Waals surface area contributed by atoms with Gasteiger partial charge in [0.05, 0.1) is 16.9 Å². The minimum Gasteiger partial charge on any atom is -0.508 e. The Morgan fingerprint density at radius 2 is 1.76 bits per heavy atom. The van der Waals surface area contributed by atoms with Gasteiger partial charge in [0.1, 0.15) is 5.75 Å². The van der Waals surface area contributed by atoms with Crippen molar-refractivity contribution in [2.75, 3.05) is 0 Å². The number of H-pyrrole nitrogens is 1. The normalized spacial score (nSPS) is 11.4. The standard InChI is InChI=1S/C20H21N3O2/c1-12-5-6-16(9-13(12)2)23-20(25)18(15(4)22-23)11-21-19-8-7-17(24)10-14(19)3/h5-11,22,24H,1-4H3. The zero-order valence-electron chi connectivity index (χ0n) is 14.8. The monoisotopic (exact) mass is 335 g/mol. The SMILES string of the molecule is Cc1ccc(-n2[nH]c(C)c(C=Nc3ccc(O)cc3C)c2=O)cc1C. The van der Waals surface area contributed by atoms with Gasteiger partial charge in [0.15, 0.2) is 0 Å². The molecule has 0 fully saturated rings. The van der Waals surface area contributed by atoms with E-state index in [1.807, 2.05) is 45.9 Å². The molecule has 0 radical (unpaired) electrons. The zero-order chi connectivity index (χ0) is 18.1. The van der Waals surface area contributed by atoms with Crippen LogP contribution in [0.25, 0.3) is 5.69 Å². The number of benzene rings is 2. The summed E-state index contributed by atoms with van der Waals surface area (Å²) < 4.78 is 1.53. The second-order valence-electron chi connectivity index (χ2n) is 6.29. The van der Waals surface area contributed by atoms with Gasteiger partial charge in [0.2, 0.25) is 0 Å². The number of aryl methyl sites for hydroxylation is 4. The first-order valence-electron chi connectivity index (χ1n) is 8.10. The number of aliphatic imine (C=N–C) groups is 1. The second-order valence-corrected chi connectivity index (χ2v) is 6.29. The summed E-state index contributed by atoms with van der Waals surface area (Å²) in [5.41, 5.74) is 5.82. The van der Waals surface area contributed by atoms with Crippen LogP contribution in [0.4, 0.5) is 5.69 Å². The number of aromatic amines is 1. The molecule has 0 aliphatic rings.